The number of carbonyl (C=O) groups excluding carboxylic acids is 2. The Hall–Kier alpha value is -3.45. The number of rotatable bonds is 4. The number of Topliss-reactive ketones (excluding diaryl/α,β-unsaturated/α-hetero) is 1. The van der Waals surface area contributed by atoms with Crippen LogP contribution in [0.25, 0.3) is 10.2 Å². The smallest absolute Gasteiger partial charge is 0.256 e. The zero-order valence-electron chi connectivity index (χ0n) is 19.7. The zero-order chi connectivity index (χ0) is 24.0. The van der Waals surface area contributed by atoms with Crippen LogP contribution in [-0.2, 0) is 9.59 Å². The van der Waals surface area contributed by atoms with Crippen LogP contribution >= 0.6 is 11.3 Å². The molecule has 0 unspecified atom stereocenters. The number of allylic oxidation sites excluding steroid dienone is 3. The summed E-state index contributed by atoms with van der Waals surface area (Å²) >= 11 is 1.43. The number of hydrogen-bond acceptors (Lipinski definition) is 6. The van der Waals surface area contributed by atoms with Gasteiger partial charge in [0.1, 0.15) is 5.75 Å². The minimum atomic E-state index is -0.482. The molecule has 0 saturated carbocycles. The lowest BCUT2D eigenvalue weighted by atomic mass is 9.68. The van der Waals surface area contributed by atoms with Gasteiger partial charge >= 0.3 is 0 Å². The molecule has 1 amide bonds. The molecule has 0 fully saturated rings. The Balaban J connectivity index is 1.59. The number of fused-ring (bicyclic) bond motifs is 1. The molecule has 5 rings (SSSR count). The summed E-state index contributed by atoms with van der Waals surface area (Å²) < 4.78 is 6.46. The fraction of sp³-hybridized carbons (Fsp3) is 0.296. The van der Waals surface area contributed by atoms with Gasteiger partial charge in [-0.25, -0.2) is 4.98 Å². The van der Waals surface area contributed by atoms with E-state index in [1.165, 1.54) is 11.3 Å². The Kier molecular flexibility index (Phi) is 5.52. The van der Waals surface area contributed by atoms with Crippen molar-refractivity contribution >= 4 is 38.4 Å². The number of aromatic nitrogens is 1. The van der Waals surface area contributed by atoms with E-state index in [4.69, 9.17) is 4.74 Å². The predicted molar refractivity (Wildman–Crippen MR) is 135 cm³/mol. The maximum absolute atomic E-state index is 13.7. The Labute approximate surface area is 202 Å². The molecule has 2 heterocycles. The van der Waals surface area contributed by atoms with Crippen LogP contribution in [0, 0.1) is 5.41 Å². The highest BCUT2D eigenvalue weighted by Crippen LogP contribution is 2.47. The Bertz CT molecular complexity index is 1350. The Morgan fingerprint density at radius 1 is 1.18 bits per heavy atom. The van der Waals surface area contributed by atoms with Crippen molar-refractivity contribution in [1.29, 1.82) is 0 Å². The number of ketones is 1. The van der Waals surface area contributed by atoms with E-state index in [1.54, 1.807) is 7.11 Å². The van der Waals surface area contributed by atoms with Crippen molar-refractivity contribution in [3.63, 3.8) is 0 Å². The van der Waals surface area contributed by atoms with Gasteiger partial charge in [0.2, 0.25) is 0 Å². The minimum Gasteiger partial charge on any atom is -0.497 e. The lowest BCUT2D eigenvalue weighted by Gasteiger charge is -2.39. The normalized spacial score (nSPS) is 19.6. The molecule has 0 bridgehead atoms. The summed E-state index contributed by atoms with van der Waals surface area (Å²) in [5.41, 5.74) is 4.42. The average Bonchev–Trinajstić information content (AvgIpc) is 3.19. The first-order valence-corrected chi connectivity index (χ1v) is 12.1. The third kappa shape index (κ3) is 4.01. The lowest BCUT2D eigenvalue weighted by molar-refractivity contribution is -0.118. The van der Waals surface area contributed by atoms with Gasteiger partial charge in [0.25, 0.3) is 5.91 Å². The van der Waals surface area contributed by atoms with Gasteiger partial charge in [0.15, 0.2) is 10.9 Å². The van der Waals surface area contributed by atoms with Gasteiger partial charge in [0.05, 0.1) is 17.3 Å². The highest BCUT2D eigenvalue weighted by Gasteiger charge is 2.42. The summed E-state index contributed by atoms with van der Waals surface area (Å²) in [7, 11) is 1.61. The number of thiazole rings is 1. The van der Waals surface area contributed by atoms with Gasteiger partial charge in [-0.3, -0.25) is 14.9 Å². The lowest BCUT2D eigenvalue weighted by Crippen LogP contribution is -2.39. The number of nitrogens with zero attached hydrogens (tertiary/aromatic N) is 1. The third-order valence-electron chi connectivity index (χ3n) is 6.43. The van der Waals surface area contributed by atoms with Crippen LogP contribution in [0.15, 0.2) is 71.1 Å². The van der Waals surface area contributed by atoms with Gasteiger partial charge in [0, 0.05) is 34.9 Å². The average molecular weight is 474 g/mol. The molecule has 174 valence electrons. The third-order valence-corrected chi connectivity index (χ3v) is 7.38. The SMILES string of the molecule is COc1cccc([C@H]2C(C(=O)Nc3nc4ccccc4s3)=C(C)NC3=C2C(=O)CC(C)(C)C3)c1. The Morgan fingerprint density at radius 3 is 2.74 bits per heavy atom. The number of nitrogens with one attached hydrogen (secondary N) is 2. The molecule has 2 aliphatic rings. The van der Waals surface area contributed by atoms with Crippen molar-refractivity contribution in [2.75, 3.05) is 12.4 Å². The molecule has 0 spiro atoms. The molecule has 3 aromatic rings. The minimum absolute atomic E-state index is 0.0735. The van der Waals surface area contributed by atoms with Crippen LogP contribution < -0.4 is 15.4 Å². The quantitative estimate of drug-likeness (QED) is 0.519. The van der Waals surface area contributed by atoms with Gasteiger partial charge in [-0.2, -0.15) is 0 Å². The second-order valence-corrected chi connectivity index (χ2v) is 10.7. The maximum Gasteiger partial charge on any atom is 0.256 e. The number of hydrogen-bond donors (Lipinski definition) is 2. The van der Waals surface area contributed by atoms with E-state index in [9.17, 15) is 9.59 Å². The summed E-state index contributed by atoms with van der Waals surface area (Å²) in [5, 5.41) is 6.93. The van der Waals surface area contributed by atoms with E-state index < -0.39 is 5.92 Å². The molecule has 6 nitrogen and oxygen atoms in total. The van der Waals surface area contributed by atoms with Crippen LogP contribution in [0.4, 0.5) is 5.13 Å². The number of ether oxygens (including phenoxy) is 1. The fourth-order valence-corrected chi connectivity index (χ4v) is 5.84. The second kappa shape index (κ2) is 8.40. The van der Waals surface area contributed by atoms with Crippen molar-refractivity contribution in [3.05, 3.63) is 76.6 Å². The zero-order valence-corrected chi connectivity index (χ0v) is 20.5. The van der Waals surface area contributed by atoms with E-state index in [1.807, 2.05) is 55.5 Å². The molecule has 0 saturated heterocycles. The molecule has 7 heteroatoms. The van der Waals surface area contributed by atoms with Gasteiger partial charge < -0.3 is 10.1 Å². The van der Waals surface area contributed by atoms with Crippen LogP contribution in [0.1, 0.15) is 45.1 Å². The molecule has 1 atom stereocenters. The molecule has 1 aliphatic carbocycles. The monoisotopic (exact) mass is 473 g/mol. The van der Waals surface area contributed by atoms with Crippen LogP contribution in [0.3, 0.4) is 0 Å². The molecule has 2 aromatic carbocycles. The van der Waals surface area contributed by atoms with E-state index in [2.05, 4.69) is 29.5 Å². The van der Waals surface area contributed by atoms with Gasteiger partial charge in [-0.15, -0.1) is 0 Å². The molecule has 1 aromatic heterocycles. The molecular formula is C27H27N3O3S. The first kappa shape index (κ1) is 22.3. The van der Waals surface area contributed by atoms with Crippen molar-refractivity contribution < 1.29 is 14.3 Å². The van der Waals surface area contributed by atoms with Crippen molar-refractivity contribution in [3.8, 4) is 5.75 Å². The van der Waals surface area contributed by atoms with Crippen molar-refractivity contribution in [1.82, 2.24) is 10.3 Å². The number of dihydropyridines is 1. The van der Waals surface area contributed by atoms with E-state index >= 15 is 0 Å². The van der Waals surface area contributed by atoms with E-state index in [0.29, 0.717) is 28.4 Å². The maximum atomic E-state index is 13.7. The number of para-hydroxylation sites is 1. The first-order chi connectivity index (χ1) is 16.3. The summed E-state index contributed by atoms with van der Waals surface area (Å²) in [6, 6.07) is 15.4. The fourth-order valence-electron chi connectivity index (χ4n) is 4.98. The van der Waals surface area contributed by atoms with Crippen molar-refractivity contribution in [2.45, 2.75) is 39.5 Å². The summed E-state index contributed by atoms with van der Waals surface area (Å²) in [6.45, 7) is 6.10. The Morgan fingerprint density at radius 2 is 1.97 bits per heavy atom. The van der Waals surface area contributed by atoms with Crippen molar-refractivity contribution in [2.24, 2.45) is 5.41 Å². The van der Waals surface area contributed by atoms with Crippen LogP contribution in [-0.4, -0.2) is 23.8 Å². The molecule has 2 N–H and O–H groups in total. The summed E-state index contributed by atoms with van der Waals surface area (Å²) in [5.74, 6) is 0.0140. The largest absolute Gasteiger partial charge is 0.497 e. The van der Waals surface area contributed by atoms with E-state index in [0.717, 1.165) is 33.6 Å². The standard InChI is InChI=1S/C27H27N3O3S/c1-15-22(25(32)30-26-29-18-10-5-6-11-21(18)34-26)23(16-8-7-9-17(12-16)33-4)24-19(28-15)13-27(2,3)14-20(24)31/h5-12,23,28H,13-14H2,1-4H3,(H,29,30,32)/t23-/m0/s1. The summed E-state index contributed by atoms with van der Waals surface area (Å²) in [4.78, 5) is 31.7. The summed E-state index contributed by atoms with van der Waals surface area (Å²) in [6.07, 6.45) is 1.19. The predicted octanol–water partition coefficient (Wildman–Crippen LogP) is 5.55. The van der Waals surface area contributed by atoms with Gasteiger partial charge in [-0.1, -0.05) is 49.4 Å². The number of anilines is 1. The van der Waals surface area contributed by atoms with Crippen LogP contribution in [0.2, 0.25) is 0 Å². The topological polar surface area (TPSA) is 80.3 Å². The molecule has 0 radical (unpaired) electrons. The highest BCUT2D eigenvalue weighted by atomic mass is 32.1. The molecule has 34 heavy (non-hydrogen) atoms. The molecular weight excluding hydrogens is 446 g/mol. The van der Waals surface area contributed by atoms with Crippen LogP contribution in [0.5, 0.6) is 5.75 Å². The number of amides is 1. The first-order valence-electron chi connectivity index (χ1n) is 11.3. The number of carbonyl (C=O) groups is 2. The highest BCUT2D eigenvalue weighted by molar-refractivity contribution is 7.22. The van der Waals surface area contributed by atoms with Gasteiger partial charge in [-0.05, 0) is 48.6 Å². The van der Waals surface area contributed by atoms with E-state index in [-0.39, 0.29) is 17.1 Å². The second-order valence-electron chi connectivity index (χ2n) is 9.65. The molecule has 1 aliphatic heterocycles. The number of benzene rings is 2. The number of methoxy groups -OCH3 is 1.